The molecule has 10 nitrogen and oxygen atoms in total. The van der Waals surface area contributed by atoms with Crippen molar-refractivity contribution in [3.05, 3.63) is 90.5 Å². The van der Waals surface area contributed by atoms with Gasteiger partial charge in [-0.2, -0.15) is 0 Å². The summed E-state index contributed by atoms with van der Waals surface area (Å²) in [4.78, 5) is 59.3. The largest absolute Gasteiger partial charge is 0.455 e. The Morgan fingerprint density at radius 2 is 1.90 bits per heavy atom. The number of unbranched alkanes of at least 4 members (excludes halogenated alkanes) is 2. The summed E-state index contributed by atoms with van der Waals surface area (Å²) in [6.07, 6.45) is 4.77. The van der Waals surface area contributed by atoms with E-state index in [-0.39, 0.29) is 55.2 Å². The molecule has 3 saturated heterocycles. The number of aliphatic hydroxyl groups is 1. The molecule has 1 spiro atoms. The van der Waals surface area contributed by atoms with Crippen LogP contribution < -0.4 is 10.2 Å². The Kier molecular flexibility index (Phi) is 12.3. The van der Waals surface area contributed by atoms with Crippen molar-refractivity contribution < 1.29 is 33.8 Å². The zero-order valence-corrected chi connectivity index (χ0v) is 30.5. The van der Waals surface area contributed by atoms with Crippen LogP contribution in [0.3, 0.4) is 0 Å². The van der Waals surface area contributed by atoms with Gasteiger partial charge in [0.25, 0.3) is 5.91 Å². The number of nitrogens with zero attached hydrogens (tertiary/aromatic N) is 2. The molecule has 2 aromatic rings. The zero-order valence-electron chi connectivity index (χ0n) is 28.9. The number of halogens is 1. The maximum absolute atomic E-state index is 14.9. The summed E-state index contributed by atoms with van der Waals surface area (Å²) >= 11 is 3.75. The Balaban J connectivity index is 1.49. The predicted octanol–water partition coefficient (Wildman–Crippen LogP) is 5.10. The fraction of sp³-hybridized carbons (Fsp3) is 0.487. The monoisotopic (exact) mass is 749 g/mol. The second kappa shape index (κ2) is 16.5. The van der Waals surface area contributed by atoms with Crippen LogP contribution in [-0.4, -0.2) is 82.5 Å². The standard InChI is InChI=1S/C39H48BrN3O7/c1-5-7-16-31(45)41-24-30(27-14-10-8-11-15-27)49-38(48)32-33-36(46)43(20-12-9-13-21-44)35(39(33)23-28(40)34(32)50-39)37(47)42(19-6-2)29-22-25(3)17-18-26(29)4/h5-6,8,10-11,14-15,17-18,22,28,30,32-35,44H,1-2,7,9,12-13,16,19-21,23-24H2,3-4H3,(H,41,45)/t28?,30-,32+,33-,34+,35+,39-/m1/s1. The minimum atomic E-state index is -1.27. The summed E-state index contributed by atoms with van der Waals surface area (Å²) in [6, 6.07) is 14.1. The highest BCUT2D eigenvalue weighted by molar-refractivity contribution is 9.09. The quantitative estimate of drug-likeness (QED) is 0.0999. The molecule has 1 unspecified atom stereocenters. The molecule has 268 valence electrons. The number of amides is 3. The van der Waals surface area contributed by atoms with Gasteiger partial charge >= 0.3 is 5.97 Å². The number of aryl methyl sites for hydroxylation is 2. The van der Waals surface area contributed by atoms with Gasteiger partial charge in [-0.05, 0) is 68.7 Å². The Morgan fingerprint density at radius 3 is 2.60 bits per heavy atom. The van der Waals surface area contributed by atoms with Crippen molar-refractivity contribution in [2.24, 2.45) is 11.8 Å². The minimum Gasteiger partial charge on any atom is -0.455 e. The first-order valence-electron chi connectivity index (χ1n) is 17.4. The lowest BCUT2D eigenvalue weighted by Crippen LogP contribution is -2.57. The van der Waals surface area contributed by atoms with Crippen LogP contribution >= 0.6 is 15.9 Å². The number of fused-ring (bicyclic) bond motifs is 1. The van der Waals surface area contributed by atoms with E-state index in [2.05, 4.69) is 34.4 Å². The molecular weight excluding hydrogens is 702 g/mol. The van der Waals surface area contributed by atoms with Gasteiger partial charge in [-0.1, -0.05) is 70.5 Å². The molecule has 2 aromatic carbocycles. The fourth-order valence-electron chi connectivity index (χ4n) is 7.73. The van der Waals surface area contributed by atoms with Crippen molar-refractivity contribution in [3.63, 3.8) is 0 Å². The molecule has 3 fully saturated rings. The van der Waals surface area contributed by atoms with Crippen LogP contribution in [0, 0.1) is 25.7 Å². The highest BCUT2D eigenvalue weighted by Crippen LogP contribution is 2.60. The first-order valence-corrected chi connectivity index (χ1v) is 18.3. The van der Waals surface area contributed by atoms with Crippen LogP contribution in [0.2, 0.25) is 0 Å². The Labute approximate surface area is 303 Å². The number of aliphatic hydroxyl groups excluding tert-OH is 1. The van der Waals surface area contributed by atoms with E-state index < -0.39 is 41.7 Å². The van der Waals surface area contributed by atoms with Gasteiger partial charge in [0.15, 0.2) is 0 Å². The summed E-state index contributed by atoms with van der Waals surface area (Å²) in [5.41, 5.74) is 2.04. The number of nitrogens with one attached hydrogen (secondary N) is 1. The lowest BCUT2D eigenvalue weighted by Gasteiger charge is -2.37. The smallest absolute Gasteiger partial charge is 0.313 e. The fourth-order valence-corrected chi connectivity index (χ4v) is 8.67. The van der Waals surface area contributed by atoms with Crippen molar-refractivity contribution in [1.82, 2.24) is 10.2 Å². The molecule has 3 amide bonds. The number of likely N-dealkylation sites (tertiary alicyclic amines) is 1. The van der Waals surface area contributed by atoms with Gasteiger partial charge in [-0.3, -0.25) is 19.2 Å². The summed E-state index contributed by atoms with van der Waals surface area (Å²) in [5.74, 6) is -3.33. The Hall–Kier alpha value is -3.80. The van der Waals surface area contributed by atoms with Crippen molar-refractivity contribution in [3.8, 4) is 0 Å². The molecule has 50 heavy (non-hydrogen) atoms. The van der Waals surface area contributed by atoms with Gasteiger partial charge in [0.2, 0.25) is 11.8 Å². The Bertz CT molecular complexity index is 1580. The molecule has 5 rings (SSSR count). The van der Waals surface area contributed by atoms with Crippen LogP contribution in [0.1, 0.15) is 61.3 Å². The highest BCUT2D eigenvalue weighted by Gasteiger charge is 2.77. The summed E-state index contributed by atoms with van der Waals surface area (Å²) in [5, 5.41) is 12.3. The maximum atomic E-state index is 14.9. The molecule has 0 aromatic heterocycles. The predicted molar refractivity (Wildman–Crippen MR) is 195 cm³/mol. The van der Waals surface area contributed by atoms with E-state index >= 15 is 0 Å². The molecule has 0 aliphatic carbocycles. The van der Waals surface area contributed by atoms with Gasteiger partial charge in [-0.25, -0.2) is 0 Å². The zero-order chi connectivity index (χ0) is 36.0. The molecule has 11 heteroatoms. The number of esters is 1. The van der Waals surface area contributed by atoms with Crippen LogP contribution in [0.5, 0.6) is 0 Å². The van der Waals surface area contributed by atoms with E-state index in [1.54, 1.807) is 22.0 Å². The first kappa shape index (κ1) is 37.5. The molecule has 0 radical (unpaired) electrons. The van der Waals surface area contributed by atoms with E-state index in [0.29, 0.717) is 37.7 Å². The summed E-state index contributed by atoms with van der Waals surface area (Å²) < 4.78 is 12.9. The number of rotatable bonds is 17. The number of hydrogen-bond acceptors (Lipinski definition) is 7. The lowest BCUT2D eigenvalue weighted by atomic mass is 9.70. The van der Waals surface area contributed by atoms with E-state index in [1.165, 1.54) is 0 Å². The number of hydrogen-bond donors (Lipinski definition) is 2. The lowest BCUT2D eigenvalue weighted by molar-refractivity contribution is -0.160. The van der Waals surface area contributed by atoms with Crippen molar-refractivity contribution in [2.45, 2.75) is 81.1 Å². The molecule has 2 N–H and O–H groups in total. The Morgan fingerprint density at radius 1 is 1.14 bits per heavy atom. The summed E-state index contributed by atoms with van der Waals surface area (Å²) in [7, 11) is 0. The average molecular weight is 751 g/mol. The minimum absolute atomic E-state index is 0.0316. The summed E-state index contributed by atoms with van der Waals surface area (Å²) in [6.45, 7) is 12.1. The first-order chi connectivity index (χ1) is 24.1. The van der Waals surface area contributed by atoms with Crippen LogP contribution in [0.4, 0.5) is 5.69 Å². The molecule has 3 aliphatic rings. The topological polar surface area (TPSA) is 125 Å². The molecule has 3 heterocycles. The number of ether oxygens (including phenoxy) is 2. The third-order valence-electron chi connectivity index (χ3n) is 10.1. The van der Waals surface area contributed by atoms with Crippen LogP contribution in [0.15, 0.2) is 73.8 Å². The molecule has 7 atom stereocenters. The number of carbonyl (C=O) groups is 4. The number of benzene rings is 2. The second-order valence-electron chi connectivity index (χ2n) is 13.5. The van der Waals surface area contributed by atoms with Gasteiger partial charge < -0.3 is 29.7 Å². The van der Waals surface area contributed by atoms with Crippen molar-refractivity contribution >= 4 is 45.3 Å². The average Bonchev–Trinajstić information content (AvgIpc) is 3.70. The number of allylic oxidation sites excluding steroid dienone is 1. The number of anilines is 1. The SMILES string of the molecule is C=CCCC(=O)NC[C@@H](OC(=O)[C@@H]1[C@H]2O[C@@]3(CC2Br)[C@H](C(=O)N(CC=C)c2cc(C)ccc2C)N(CCCCCO)C(=O)[C@@H]13)c1ccccc1. The van der Waals surface area contributed by atoms with Crippen LogP contribution in [0.25, 0.3) is 0 Å². The van der Waals surface area contributed by atoms with E-state index in [1.807, 2.05) is 62.4 Å². The molecular formula is C39H48BrN3O7. The van der Waals surface area contributed by atoms with Gasteiger partial charge in [-0.15, -0.1) is 13.2 Å². The highest BCUT2D eigenvalue weighted by atomic mass is 79.9. The van der Waals surface area contributed by atoms with Crippen molar-refractivity contribution in [1.29, 1.82) is 0 Å². The van der Waals surface area contributed by atoms with E-state index in [0.717, 1.165) is 16.8 Å². The van der Waals surface area contributed by atoms with Gasteiger partial charge in [0.05, 0.1) is 24.5 Å². The maximum Gasteiger partial charge on any atom is 0.313 e. The molecule has 0 saturated carbocycles. The van der Waals surface area contributed by atoms with Gasteiger partial charge in [0.1, 0.15) is 17.7 Å². The molecule has 3 aliphatic heterocycles. The van der Waals surface area contributed by atoms with Gasteiger partial charge in [0, 0.05) is 36.6 Å². The number of carbonyl (C=O) groups excluding carboxylic acids is 4. The third-order valence-corrected chi connectivity index (χ3v) is 10.9. The van der Waals surface area contributed by atoms with Crippen LogP contribution in [-0.2, 0) is 28.7 Å². The molecule has 2 bridgehead atoms. The third kappa shape index (κ3) is 7.45. The van der Waals surface area contributed by atoms with Crippen molar-refractivity contribution in [2.75, 3.05) is 31.1 Å². The number of alkyl halides is 1. The van der Waals surface area contributed by atoms with E-state index in [9.17, 15) is 24.3 Å². The normalized spacial score (nSPS) is 25.6. The van der Waals surface area contributed by atoms with E-state index in [4.69, 9.17) is 9.47 Å². The second-order valence-corrected chi connectivity index (χ2v) is 14.7.